The quantitative estimate of drug-likeness (QED) is 0.862. The van der Waals surface area contributed by atoms with Gasteiger partial charge in [0.15, 0.2) is 0 Å². The van der Waals surface area contributed by atoms with Crippen molar-refractivity contribution in [1.82, 2.24) is 14.5 Å². The summed E-state index contributed by atoms with van der Waals surface area (Å²) in [5.41, 5.74) is 8.39. The first-order valence-electron chi connectivity index (χ1n) is 6.24. The summed E-state index contributed by atoms with van der Waals surface area (Å²) in [5, 5.41) is 0. The zero-order chi connectivity index (χ0) is 11.9. The van der Waals surface area contributed by atoms with E-state index in [-0.39, 0.29) is 0 Å². The Kier molecular flexibility index (Phi) is 2.31. The van der Waals surface area contributed by atoms with Crippen LogP contribution in [0, 0.1) is 5.41 Å². The summed E-state index contributed by atoms with van der Waals surface area (Å²) in [7, 11) is 0. The van der Waals surface area contributed by atoms with Crippen LogP contribution in [0.3, 0.4) is 0 Å². The minimum absolute atomic E-state index is 0.380. The number of anilines is 1. The van der Waals surface area contributed by atoms with Crippen molar-refractivity contribution in [2.45, 2.75) is 39.2 Å². The average Bonchev–Trinajstić information content (AvgIpc) is 2.86. The lowest BCUT2D eigenvalue weighted by Crippen LogP contribution is -2.20. The fourth-order valence-corrected chi connectivity index (χ4v) is 2.93. The van der Waals surface area contributed by atoms with E-state index in [1.807, 2.05) is 6.07 Å². The molecule has 0 saturated heterocycles. The molecule has 90 valence electrons. The Labute approximate surface area is 101 Å². The predicted molar refractivity (Wildman–Crippen MR) is 68.5 cm³/mol. The highest BCUT2D eigenvalue weighted by Crippen LogP contribution is 2.40. The van der Waals surface area contributed by atoms with Crippen LogP contribution in [-0.4, -0.2) is 14.5 Å². The van der Waals surface area contributed by atoms with Crippen molar-refractivity contribution >= 4 is 17.0 Å². The van der Waals surface area contributed by atoms with Crippen molar-refractivity contribution in [2.75, 3.05) is 5.73 Å². The molecule has 1 saturated carbocycles. The molecule has 4 heteroatoms. The van der Waals surface area contributed by atoms with Crippen molar-refractivity contribution in [1.29, 1.82) is 0 Å². The normalized spacial score (nSPS) is 18.9. The number of rotatable bonds is 2. The molecule has 0 aromatic carbocycles. The Morgan fingerprint density at radius 3 is 2.94 bits per heavy atom. The Balaban J connectivity index is 2.02. The molecule has 3 rings (SSSR count). The third kappa shape index (κ3) is 1.77. The lowest BCUT2D eigenvalue weighted by atomic mass is 9.89. The van der Waals surface area contributed by atoms with E-state index in [1.165, 1.54) is 25.7 Å². The molecule has 4 nitrogen and oxygen atoms in total. The fourth-order valence-electron chi connectivity index (χ4n) is 2.93. The highest BCUT2D eigenvalue weighted by Gasteiger charge is 2.30. The first-order chi connectivity index (χ1) is 8.18. The minimum atomic E-state index is 0.380. The van der Waals surface area contributed by atoms with Gasteiger partial charge >= 0.3 is 0 Å². The van der Waals surface area contributed by atoms with Crippen molar-refractivity contribution < 1.29 is 0 Å². The van der Waals surface area contributed by atoms with Crippen LogP contribution in [0.25, 0.3) is 11.0 Å². The number of nitrogen functional groups attached to an aromatic ring is 1. The molecule has 1 fully saturated rings. The summed E-state index contributed by atoms with van der Waals surface area (Å²) >= 11 is 0. The molecule has 1 aliphatic rings. The smallest absolute Gasteiger partial charge is 0.201 e. The number of fused-ring (bicyclic) bond motifs is 1. The van der Waals surface area contributed by atoms with Gasteiger partial charge in [0.25, 0.3) is 0 Å². The van der Waals surface area contributed by atoms with E-state index in [0.29, 0.717) is 11.4 Å². The van der Waals surface area contributed by atoms with E-state index in [1.54, 1.807) is 12.4 Å². The molecule has 0 aliphatic heterocycles. The summed E-state index contributed by atoms with van der Waals surface area (Å²) in [6.07, 6.45) is 8.83. The molecule has 17 heavy (non-hydrogen) atoms. The average molecular weight is 230 g/mol. The first kappa shape index (κ1) is 10.6. The highest BCUT2D eigenvalue weighted by molar-refractivity contribution is 5.77. The maximum atomic E-state index is 6.01. The van der Waals surface area contributed by atoms with Gasteiger partial charge in [-0.3, -0.25) is 4.98 Å². The third-order valence-corrected chi connectivity index (χ3v) is 3.93. The predicted octanol–water partition coefficient (Wildman–Crippen LogP) is 2.59. The van der Waals surface area contributed by atoms with Gasteiger partial charge in [-0.05, 0) is 24.3 Å². The molecule has 0 amide bonds. The van der Waals surface area contributed by atoms with Gasteiger partial charge in [-0.1, -0.05) is 19.8 Å². The van der Waals surface area contributed by atoms with E-state index in [9.17, 15) is 0 Å². The Morgan fingerprint density at radius 1 is 1.41 bits per heavy atom. The largest absolute Gasteiger partial charge is 0.369 e. The number of aromatic nitrogens is 3. The van der Waals surface area contributed by atoms with Crippen LogP contribution in [0.5, 0.6) is 0 Å². The molecule has 0 unspecified atom stereocenters. The SMILES string of the molecule is CC1(Cn2c(N)nc3cnccc32)CCCC1. The summed E-state index contributed by atoms with van der Waals surface area (Å²) < 4.78 is 2.14. The molecule has 0 bridgehead atoms. The second-order valence-electron chi connectivity index (χ2n) is 5.44. The Bertz CT molecular complexity index is 537. The summed E-state index contributed by atoms with van der Waals surface area (Å²) in [6, 6.07) is 2.00. The van der Waals surface area contributed by atoms with E-state index in [4.69, 9.17) is 5.73 Å². The Hall–Kier alpha value is -1.58. The molecular formula is C13H18N4. The molecule has 2 N–H and O–H groups in total. The molecular weight excluding hydrogens is 212 g/mol. The number of nitrogens with two attached hydrogens (primary N) is 1. The summed E-state index contributed by atoms with van der Waals surface area (Å²) in [4.78, 5) is 8.45. The van der Waals surface area contributed by atoms with Crippen LogP contribution in [0.4, 0.5) is 5.95 Å². The fraction of sp³-hybridized carbons (Fsp3) is 0.538. The molecule has 0 atom stereocenters. The second-order valence-corrected chi connectivity index (χ2v) is 5.44. The van der Waals surface area contributed by atoms with Gasteiger partial charge in [-0.25, -0.2) is 4.98 Å². The van der Waals surface area contributed by atoms with Gasteiger partial charge in [0.1, 0.15) is 5.52 Å². The first-order valence-corrected chi connectivity index (χ1v) is 6.24. The van der Waals surface area contributed by atoms with Gasteiger partial charge in [-0.15, -0.1) is 0 Å². The lowest BCUT2D eigenvalue weighted by molar-refractivity contribution is 0.287. The van der Waals surface area contributed by atoms with Gasteiger partial charge in [0, 0.05) is 12.7 Å². The maximum Gasteiger partial charge on any atom is 0.201 e. The zero-order valence-electron chi connectivity index (χ0n) is 10.2. The van der Waals surface area contributed by atoms with Gasteiger partial charge < -0.3 is 10.3 Å². The summed E-state index contributed by atoms with van der Waals surface area (Å²) in [5.74, 6) is 0.612. The van der Waals surface area contributed by atoms with Crippen molar-refractivity contribution in [3.63, 3.8) is 0 Å². The molecule has 2 aromatic heterocycles. The minimum Gasteiger partial charge on any atom is -0.369 e. The van der Waals surface area contributed by atoms with Gasteiger partial charge in [0.2, 0.25) is 5.95 Å². The van der Waals surface area contributed by atoms with Crippen LogP contribution in [0.15, 0.2) is 18.5 Å². The summed E-state index contributed by atoms with van der Waals surface area (Å²) in [6.45, 7) is 3.33. The van der Waals surface area contributed by atoms with Crippen molar-refractivity contribution in [3.05, 3.63) is 18.5 Å². The van der Waals surface area contributed by atoms with Crippen molar-refractivity contribution in [2.24, 2.45) is 5.41 Å². The van der Waals surface area contributed by atoms with Crippen molar-refractivity contribution in [3.8, 4) is 0 Å². The van der Waals surface area contributed by atoms with Crippen LogP contribution in [0.1, 0.15) is 32.6 Å². The highest BCUT2D eigenvalue weighted by atomic mass is 15.2. The monoisotopic (exact) mass is 230 g/mol. The number of pyridine rings is 1. The number of imidazole rings is 1. The van der Waals surface area contributed by atoms with Crippen LogP contribution < -0.4 is 5.73 Å². The lowest BCUT2D eigenvalue weighted by Gasteiger charge is -2.24. The topological polar surface area (TPSA) is 56.7 Å². The van der Waals surface area contributed by atoms with Gasteiger partial charge in [-0.2, -0.15) is 0 Å². The van der Waals surface area contributed by atoms with Crippen LogP contribution in [-0.2, 0) is 6.54 Å². The molecule has 0 radical (unpaired) electrons. The van der Waals surface area contributed by atoms with E-state index in [0.717, 1.165) is 17.6 Å². The molecule has 1 aliphatic carbocycles. The van der Waals surface area contributed by atoms with E-state index >= 15 is 0 Å². The third-order valence-electron chi connectivity index (χ3n) is 3.93. The van der Waals surface area contributed by atoms with Crippen LogP contribution >= 0.6 is 0 Å². The number of nitrogens with zero attached hydrogens (tertiary/aromatic N) is 3. The van der Waals surface area contributed by atoms with E-state index < -0.39 is 0 Å². The molecule has 0 spiro atoms. The number of hydrogen-bond acceptors (Lipinski definition) is 3. The maximum absolute atomic E-state index is 6.01. The standard InChI is InChI=1S/C13H18N4/c1-13(5-2-3-6-13)9-17-11-4-7-15-8-10(11)16-12(17)14/h4,7-8H,2-3,5-6,9H2,1H3,(H2,14,16). The zero-order valence-corrected chi connectivity index (χ0v) is 10.2. The molecule has 2 aromatic rings. The number of hydrogen-bond donors (Lipinski definition) is 1. The second kappa shape index (κ2) is 3.72. The Morgan fingerprint density at radius 2 is 2.18 bits per heavy atom. The molecule has 2 heterocycles. The van der Waals surface area contributed by atoms with Crippen LogP contribution in [0.2, 0.25) is 0 Å². The van der Waals surface area contributed by atoms with E-state index in [2.05, 4.69) is 21.5 Å². The van der Waals surface area contributed by atoms with Gasteiger partial charge in [0.05, 0.1) is 11.7 Å².